The van der Waals surface area contributed by atoms with Crippen LogP contribution < -0.4 is 10.9 Å². The zero-order chi connectivity index (χ0) is 23.4. The minimum atomic E-state index is -0.404. The maximum atomic E-state index is 13.4. The first-order valence-electron chi connectivity index (χ1n) is 11.3. The first-order valence-corrected chi connectivity index (χ1v) is 11.3. The number of benzene rings is 2. The summed E-state index contributed by atoms with van der Waals surface area (Å²) in [5.74, 6) is -0.505. The van der Waals surface area contributed by atoms with E-state index in [2.05, 4.69) is 10.3 Å². The van der Waals surface area contributed by atoms with E-state index >= 15 is 0 Å². The van der Waals surface area contributed by atoms with Crippen LogP contribution in [0.15, 0.2) is 71.5 Å². The van der Waals surface area contributed by atoms with E-state index in [4.69, 9.17) is 0 Å². The molecule has 3 aromatic rings. The third-order valence-corrected chi connectivity index (χ3v) is 6.31. The molecule has 33 heavy (non-hydrogen) atoms. The van der Waals surface area contributed by atoms with Gasteiger partial charge in [-0.05, 0) is 43.0 Å². The van der Waals surface area contributed by atoms with E-state index in [1.165, 1.54) is 0 Å². The monoisotopic (exact) mass is 443 g/mol. The Morgan fingerprint density at radius 1 is 1.03 bits per heavy atom. The molecule has 2 atom stereocenters. The molecule has 2 N–H and O–H groups in total. The van der Waals surface area contributed by atoms with Crippen LogP contribution in [0.4, 0.5) is 0 Å². The molecule has 1 fully saturated rings. The van der Waals surface area contributed by atoms with Gasteiger partial charge in [-0.2, -0.15) is 0 Å². The first kappa shape index (κ1) is 22.5. The molecule has 2 unspecified atom stereocenters. The van der Waals surface area contributed by atoms with Crippen LogP contribution in [0.5, 0.6) is 0 Å². The van der Waals surface area contributed by atoms with Crippen molar-refractivity contribution in [2.24, 2.45) is 5.92 Å². The molecule has 0 aliphatic carbocycles. The Labute approximate surface area is 193 Å². The molecule has 0 radical (unpaired) electrons. The van der Waals surface area contributed by atoms with Crippen molar-refractivity contribution < 1.29 is 9.59 Å². The second kappa shape index (κ2) is 9.86. The van der Waals surface area contributed by atoms with E-state index in [1.54, 1.807) is 0 Å². The van der Waals surface area contributed by atoms with E-state index in [1.807, 2.05) is 85.5 Å². The van der Waals surface area contributed by atoms with Gasteiger partial charge in [-0.3, -0.25) is 14.4 Å². The summed E-state index contributed by atoms with van der Waals surface area (Å²) >= 11 is 0. The maximum Gasteiger partial charge on any atom is 0.253 e. The lowest BCUT2D eigenvalue weighted by atomic mass is 9.83. The molecular weight excluding hydrogens is 414 g/mol. The van der Waals surface area contributed by atoms with Crippen LogP contribution in [0, 0.1) is 19.8 Å². The lowest BCUT2D eigenvalue weighted by Crippen LogP contribution is -2.47. The highest BCUT2D eigenvalue weighted by Gasteiger charge is 2.40. The average molecular weight is 444 g/mol. The summed E-state index contributed by atoms with van der Waals surface area (Å²) in [6.45, 7) is 4.31. The van der Waals surface area contributed by atoms with Crippen LogP contribution in [0.1, 0.15) is 46.8 Å². The van der Waals surface area contributed by atoms with Crippen LogP contribution >= 0.6 is 0 Å². The standard InChI is InChI=1S/C27H29N3O3/c1-18-15-19(2)29-27(33)23(18)16-28-26(32)22-13-14-24(31)30(17-20-9-5-3-6-10-20)25(22)21-11-7-4-8-12-21/h3-12,15,22,25H,13-14,16-17H2,1-2H3,(H,28,32)(H,29,33). The van der Waals surface area contributed by atoms with Gasteiger partial charge in [0.2, 0.25) is 11.8 Å². The van der Waals surface area contributed by atoms with Gasteiger partial charge in [-0.25, -0.2) is 0 Å². The van der Waals surface area contributed by atoms with Gasteiger partial charge in [-0.1, -0.05) is 60.7 Å². The van der Waals surface area contributed by atoms with Gasteiger partial charge in [0.25, 0.3) is 5.56 Å². The number of aromatic nitrogens is 1. The van der Waals surface area contributed by atoms with E-state index in [0.29, 0.717) is 24.9 Å². The van der Waals surface area contributed by atoms with Crippen LogP contribution in [0.3, 0.4) is 0 Å². The zero-order valence-electron chi connectivity index (χ0n) is 19.0. The minimum Gasteiger partial charge on any atom is -0.351 e. The predicted molar refractivity (Wildman–Crippen MR) is 127 cm³/mol. The number of nitrogens with zero attached hydrogens (tertiary/aromatic N) is 1. The molecule has 170 valence electrons. The largest absolute Gasteiger partial charge is 0.351 e. The number of rotatable bonds is 6. The molecular formula is C27H29N3O3. The molecule has 2 amide bonds. The summed E-state index contributed by atoms with van der Waals surface area (Å²) in [4.78, 5) is 43.4. The highest BCUT2D eigenvalue weighted by Crippen LogP contribution is 2.38. The van der Waals surface area contributed by atoms with E-state index in [-0.39, 0.29) is 30.0 Å². The first-order chi connectivity index (χ1) is 15.9. The number of pyridine rings is 1. The average Bonchev–Trinajstić information content (AvgIpc) is 2.80. The third-order valence-electron chi connectivity index (χ3n) is 6.31. The predicted octanol–water partition coefficient (Wildman–Crippen LogP) is 3.79. The Morgan fingerprint density at radius 2 is 1.70 bits per heavy atom. The Bertz CT molecular complexity index is 1190. The molecule has 2 aromatic carbocycles. The number of hydrogen-bond donors (Lipinski definition) is 2. The van der Waals surface area contributed by atoms with Crippen LogP contribution in [0.2, 0.25) is 0 Å². The van der Waals surface area contributed by atoms with Gasteiger partial charge in [-0.15, -0.1) is 0 Å². The van der Waals surface area contributed by atoms with Gasteiger partial charge in [0.05, 0.1) is 12.0 Å². The molecule has 0 saturated carbocycles. The Balaban J connectivity index is 1.61. The number of aryl methyl sites for hydroxylation is 2. The van der Waals surface area contributed by atoms with Crippen molar-refractivity contribution in [3.8, 4) is 0 Å². The smallest absolute Gasteiger partial charge is 0.253 e. The van der Waals surface area contributed by atoms with Crippen molar-refractivity contribution in [3.63, 3.8) is 0 Å². The quantitative estimate of drug-likeness (QED) is 0.608. The lowest BCUT2D eigenvalue weighted by Gasteiger charge is -2.41. The fourth-order valence-corrected chi connectivity index (χ4v) is 4.66. The molecule has 0 spiro atoms. The molecule has 6 nitrogen and oxygen atoms in total. The van der Waals surface area contributed by atoms with Crippen molar-refractivity contribution in [1.29, 1.82) is 0 Å². The summed E-state index contributed by atoms with van der Waals surface area (Å²) in [5.41, 5.74) is 3.97. The molecule has 2 heterocycles. The number of carbonyl (C=O) groups is 2. The minimum absolute atomic E-state index is 0.0441. The fraction of sp³-hybridized carbons (Fsp3) is 0.296. The number of aromatic amines is 1. The normalized spacial score (nSPS) is 18.2. The maximum absolute atomic E-state index is 13.4. The Kier molecular flexibility index (Phi) is 6.73. The number of nitrogens with one attached hydrogen (secondary N) is 2. The summed E-state index contributed by atoms with van der Waals surface area (Å²) in [6, 6.07) is 21.1. The van der Waals surface area contributed by atoms with Gasteiger partial charge in [0.1, 0.15) is 0 Å². The van der Waals surface area contributed by atoms with Gasteiger partial charge in [0.15, 0.2) is 0 Å². The van der Waals surface area contributed by atoms with Gasteiger partial charge < -0.3 is 15.2 Å². The molecule has 1 aliphatic rings. The highest BCUT2D eigenvalue weighted by atomic mass is 16.2. The molecule has 1 aliphatic heterocycles. The fourth-order valence-electron chi connectivity index (χ4n) is 4.66. The van der Waals surface area contributed by atoms with Crippen LogP contribution in [-0.2, 0) is 22.7 Å². The van der Waals surface area contributed by atoms with Crippen molar-refractivity contribution in [3.05, 3.63) is 105 Å². The second-order valence-electron chi connectivity index (χ2n) is 8.67. The van der Waals surface area contributed by atoms with Crippen LogP contribution in [0.25, 0.3) is 0 Å². The molecule has 4 rings (SSSR count). The highest BCUT2D eigenvalue weighted by molar-refractivity contribution is 5.85. The second-order valence-corrected chi connectivity index (χ2v) is 8.67. The summed E-state index contributed by atoms with van der Waals surface area (Å²) in [7, 11) is 0. The number of carbonyl (C=O) groups excluding carboxylic acids is 2. The number of hydrogen-bond acceptors (Lipinski definition) is 3. The molecule has 1 saturated heterocycles. The summed E-state index contributed by atoms with van der Waals surface area (Å²) in [6.07, 6.45) is 0.789. The molecule has 1 aromatic heterocycles. The SMILES string of the molecule is Cc1cc(C)c(CNC(=O)C2CCC(=O)N(Cc3ccccc3)C2c2ccccc2)c(=O)[nH]1. The lowest BCUT2D eigenvalue weighted by molar-refractivity contribution is -0.144. The van der Waals surface area contributed by atoms with Crippen molar-refractivity contribution in [1.82, 2.24) is 15.2 Å². The van der Waals surface area contributed by atoms with Crippen molar-refractivity contribution in [2.75, 3.05) is 0 Å². The molecule has 6 heteroatoms. The van der Waals surface area contributed by atoms with Gasteiger partial charge in [0, 0.05) is 30.8 Å². The van der Waals surface area contributed by atoms with E-state index in [0.717, 1.165) is 22.4 Å². The molecule has 0 bridgehead atoms. The zero-order valence-corrected chi connectivity index (χ0v) is 19.0. The topological polar surface area (TPSA) is 82.3 Å². The third kappa shape index (κ3) is 5.06. The number of H-pyrrole nitrogens is 1. The number of amides is 2. The van der Waals surface area contributed by atoms with E-state index < -0.39 is 5.92 Å². The van der Waals surface area contributed by atoms with Gasteiger partial charge >= 0.3 is 0 Å². The number of likely N-dealkylation sites (tertiary alicyclic amines) is 1. The van der Waals surface area contributed by atoms with Crippen molar-refractivity contribution >= 4 is 11.8 Å². The van der Waals surface area contributed by atoms with E-state index in [9.17, 15) is 14.4 Å². The number of piperidine rings is 1. The Hall–Kier alpha value is -3.67. The summed E-state index contributed by atoms with van der Waals surface area (Å²) in [5, 5.41) is 2.97. The Morgan fingerprint density at radius 3 is 2.36 bits per heavy atom. The summed E-state index contributed by atoms with van der Waals surface area (Å²) < 4.78 is 0. The van der Waals surface area contributed by atoms with Crippen molar-refractivity contribution in [2.45, 2.75) is 45.8 Å². The van der Waals surface area contributed by atoms with Crippen LogP contribution in [-0.4, -0.2) is 21.7 Å².